The quantitative estimate of drug-likeness (QED) is 0.114. The molecule has 4 heteroatoms. The summed E-state index contributed by atoms with van der Waals surface area (Å²) >= 11 is 0. The van der Waals surface area contributed by atoms with Crippen molar-refractivity contribution in [3.05, 3.63) is 338 Å². The van der Waals surface area contributed by atoms with Crippen LogP contribution in [0.15, 0.2) is 315 Å². The van der Waals surface area contributed by atoms with E-state index in [4.69, 9.17) is 0 Å². The van der Waals surface area contributed by atoms with Gasteiger partial charge < -0.3 is 19.6 Å². The normalized spacial score (nSPS) is 13.1. The standard InChI is InChI=1S/C82H64N4/c1-81(2)76-35-21-19-32-71(76)73-51-49-67(55-78(73)81)85(65-43-41-63(42-44-65)83(58-23-9-5-10-24-58)59-25-11-6-12-26-59)62-39-37-57(38-40-62)69-53-54-80(75-34-18-17-31-70(69)75)86(68-50-52-74-72-33-20-22-36-77(72)82(3,4)79(74)56-68)66-47-45-64(46-48-66)84(60-27-13-7-14-28-60)61-29-15-8-16-30-61/h5-56H,1-4H3. The molecule has 0 saturated carbocycles. The Morgan fingerprint density at radius 2 is 0.477 bits per heavy atom. The van der Waals surface area contributed by atoms with Gasteiger partial charge in [0, 0.05) is 78.8 Å². The number of rotatable bonds is 13. The van der Waals surface area contributed by atoms with Crippen LogP contribution >= 0.6 is 0 Å². The summed E-state index contributed by atoms with van der Waals surface area (Å²) in [6, 6.07) is 115. The summed E-state index contributed by atoms with van der Waals surface area (Å²) in [5, 5.41) is 2.35. The lowest BCUT2D eigenvalue weighted by atomic mass is 9.82. The van der Waals surface area contributed by atoms with Gasteiger partial charge in [0.05, 0.1) is 5.69 Å². The molecule has 0 atom stereocenters. The van der Waals surface area contributed by atoms with Crippen LogP contribution in [-0.4, -0.2) is 0 Å². The molecule has 2 aliphatic carbocycles. The molecule has 0 spiro atoms. The lowest BCUT2D eigenvalue weighted by Crippen LogP contribution is -2.17. The van der Waals surface area contributed by atoms with Crippen LogP contribution < -0.4 is 19.6 Å². The van der Waals surface area contributed by atoms with Crippen LogP contribution in [0.4, 0.5) is 68.2 Å². The van der Waals surface area contributed by atoms with Crippen molar-refractivity contribution in [3.63, 3.8) is 0 Å². The Labute approximate surface area is 505 Å². The van der Waals surface area contributed by atoms with Crippen molar-refractivity contribution in [1.82, 2.24) is 0 Å². The van der Waals surface area contributed by atoms with Crippen LogP contribution in [0.1, 0.15) is 49.9 Å². The molecule has 13 aromatic carbocycles. The Kier molecular flexibility index (Phi) is 12.8. The third kappa shape index (κ3) is 8.92. The van der Waals surface area contributed by atoms with Gasteiger partial charge >= 0.3 is 0 Å². The van der Waals surface area contributed by atoms with E-state index in [2.05, 4.69) is 363 Å². The lowest BCUT2D eigenvalue weighted by Gasteiger charge is -2.30. The van der Waals surface area contributed by atoms with E-state index in [0.29, 0.717) is 0 Å². The fraction of sp³-hybridized carbons (Fsp3) is 0.0732. The molecule has 0 unspecified atom stereocenters. The fourth-order valence-corrected chi connectivity index (χ4v) is 13.8. The second-order valence-corrected chi connectivity index (χ2v) is 23.7. The number of para-hydroxylation sites is 4. The molecule has 0 amide bonds. The minimum Gasteiger partial charge on any atom is -0.311 e. The van der Waals surface area contributed by atoms with Gasteiger partial charge in [-0.1, -0.05) is 204 Å². The van der Waals surface area contributed by atoms with Crippen molar-refractivity contribution in [2.24, 2.45) is 0 Å². The van der Waals surface area contributed by atoms with Crippen molar-refractivity contribution in [3.8, 4) is 33.4 Å². The fourth-order valence-electron chi connectivity index (χ4n) is 13.8. The average Bonchev–Trinajstić information content (AvgIpc) is 2.34. The topological polar surface area (TPSA) is 13.0 Å². The maximum atomic E-state index is 2.46. The summed E-state index contributed by atoms with van der Waals surface area (Å²) in [6.45, 7) is 9.45. The predicted octanol–water partition coefficient (Wildman–Crippen LogP) is 23.0. The molecule has 0 fully saturated rings. The van der Waals surface area contributed by atoms with E-state index < -0.39 is 0 Å². The summed E-state index contributed by atoms with van der Waals surface area (Å²) in [5.41, 5.74) is 25.8. The van der Waals surface area contributed by atoms with Crippen LogP contribution in [0.25, 0.3) is 44.2 Å². The van der Waals surface area contributed by atoms with E-state index in [1.54, 1.807) is 0 Å². The molecule has 15 rings (SSSR count). The highest BCUT2D eigenvalue weighted by atomic mass is 15.2. The molecule has 412 valence electrons. The maximum absolute atomic E-state index is 2.46. The zero-order valence-electron chi connectivity index (χ0n) is 48.8. The van der Waals surface area contributed by atoms with Crippen LogP contribution in [-0.2, 0) is 10.8 Å². The van der Waals surface area contributed by atoms with Gasteiger partial charge in [0.25, 0.3) is 0 Å². The summed E-state index contributed by atoms with van der Waals surface area (Å²) in [7, 11) is 0. The number of hydrogen-bond donors (Lipinski definition) is 0. The number of benzene rings is 13. The summed E-state index contributed by atoms with van der Waals surface area (Å²) in [5.74, 6) is 0. The second kappa shape index (κ2) is 21.2. The Morgan fingerprint density at radius 1 is 0.198 bits per heavy atom. The van der Waals surface area contributed by atoms with Crippen LogP contribution in [0.2, 0.25) is 0 Å². The van der Waals surface area contributed by atoms with Crippen molar-refractivity contribution in [1.29, 1.82) is 0 Å². The smallest absolute Gasteiger partial charge is 0.0540 e. The molecule has 2 aliphatic rings. The third-order valence-electron chi connectivity index (χ3n) is 18.0. The zero-order valence-corrected chi connectivity index (χ0v) is 48.8. The first-order chi connectivity index (χ1) is 42.2. The first-order valence-corrected chi connectivity index (χ1v) is 29.9. The first-order valence-electron chi connectivity index (χ1n) is 29.9. The van der Waals surface area contributed by atoms with E-state index in [9.17, 15) is 0 Å². The van der Waals surface area contributed by atoms with Gasteiger partial charge in [0.2, 0.25) is 0 Å². The second-order valence-electron chi connectivity index (χ2n) is 23.7. The Bertz CT molecular complexity index is 4530. The van der Waals surface area contributed by atoms with Gasteiger partial charge in [0.15, 0.2) is 0 Å². The predicted molar refractivity (Wildman–Crippen MR) is 363 cm³/mol. The minimum atomic E-state index is -0.171. The largest absolute Gasteiger partial charge is 0.311 e. The molecule has 0 aromatic heterocycles. The van der Waals surface area contributed by atoms with Crippen LogP contribution in [0.5, 0.6) is 0 Å². The van der Waals surface area contributed by atoms with Gasteiger partial charge in [-0.3, -0.25) is 0 Å². The molecular formula is C82H64N4. The van der Waals surface area contributed by atoms with E-state index in [0.717, 1.165) is 73.8 Å². The maximum Gasteiger partial charge on any atom is 0.0540 e. The van der Waals surface area contributed by atoms with Crippen molar-refractivity contribution < 1.29 is 0 Å². The SMILES string of the molecule is CC1(C)c2ccccc2-c2ccc(N(c3ccc(-c4ccc(N(c5ccc(N(c6ccccc6)c6ccccc6)cc5)c5ccc6c(c5)C(C)(C)c5ccccc5-6)c5ccccc45)cc3)c3ccc(N(c4ccccc4)c4ccccc4)cc3)cc21. The molecule has 4 nitrogen and oxygen atoms in total. The highest BCUT2D eigenvalue weighted by Gasteiger charge is 2.37. The number of anilines is 12. The molecule has 0 heterocycles. The van der Waals surface area contributed by atoms with Crippen LogP contribution in [0, 0.1) is 0 Å². The van der Waals surface area contributed by atoms with E-state index >= 15 is 0 Å². The summed E-state index contributed by atoms with van der Waals surface area (Å²) in [6.07, 6.45) is 0. The first kappa shape index (κ1) is 52.1. The molecule has 0 aliphatic heterocycles. The van der Waals surface area contributed by atoms with Crippen LogP contribution in [0.3, 0.4) is 0 Å². The summed E-state index contributed by atoms with van der Waals surface area (Å²) in [4.78, 5) is 9.53. The van der Waals surface area contributed by atoms with Gasteiger partial charge in [0.1, 0.15) is 0 Å². The molecule has 0 radical (unpaired) electrons. The zero-order chi connectivity index (χ0) is 57.9. The molecule has 13 aromatic rings. The van der Waals surface area contributed by atoms with Crippen molar-refractivity contribution in [2.45, 2.75) is 38.5 Å². The molecule has 86 heavy (non-hydrogen) atoms. The highest BCUT2D eigenvalue weighted by molar-refractivity contribution is 6.07. The molecular weight excluding hydrogens is 1040 g/mol. The van der Waals surface area contributed by atoms with Gasteiger partial charge in [-0.15, -0.1) is 0 Å². The van der Waals surface area contributed by atoms with Crippen molar-refractivity contribution >= 4 is 79.0 Å². The highest BCUT2D eigenvalue weighted by Crippen LogP contribution is 2.54. The van der Waals surface area contributed by atoms with Gasteiger partial charge in [-0.05, 0) is 201 Å². The number of hydrogen-bond acceptors (Lipinski definition) is 4. The Hall–Kier alpha value is -10.7. The van der Waals surface area contributed by atoms with Crippen molar-refractivity contribution in [2.75, 3.05) is 19.6 Å². The van der Waals surface area contributed by atoms with Gasteiger partial charge in [-0.2, -0.15) is 0 Å². The van der Waals surface area contributed by atoms with E-state index in [-0.39, 0.29) is 10.8 Å². The summed E-state index contributed by atoms with van der Waals surface area (Å²) < 4.78 is 0. The Balaban J connectivity index is 0.836. The Morgan fingerprint density at radius 3 is 0.895 bits per heavy atom. The number of nitrogens with zero attached hydrogens (tertiary/aromatic N) is 4. The monoisotopic (exact) mass is 1100 g/mol. The molecule has 0 N–H and O–H groups in total. The minimum absolute atomic E-state index is 0.158. The van der Waals surface area contributed by atoms with E-state index in [1.807, 2.05) is 0 Å². The number of fused-ring (bicyclic) bond motifs is 7. The molecule has 0 saturated heterocycles. The van der Waals surface area contributed by atoms with Gasteiger partial charge in [-0.25, -0.2) is 0 Å². The third-order valence-corrected chi connectivity index (χ3v) is 18.0. The van der Waals surface area contributed by atoms with E-state index in [1.165, 1.54) is 60.8 Å². The average molecular weight is 1110 g/mol. The lowest BCUT2D eigenvalue weighted by molar-refractivity contribution is 0.660. The molecule has 0 bridgehead atoms.